The Morgan fingerprint density at radius 1 is 1.00 bits per heavy atom. The van der Waals surface area contributed by atoms with Crippen molar-refractivity contribution in [2.75, 3.05) is 13.2 Å². The number of aromatic nitrogens is 2. The van der Waals surface area contributed by atoms with Crippen LogP contribution in [0.5, 0.6) is 11.5 Å². The molecule has 0 atom stereocenters. The van der Waals surface area contributed by atoms with Gasteiger partial charge < -0.3 is 14.5 Å². The van der Waals surface area contributed by atoms with Crippen molar-refractivity contribution in [3.63, 3.8) is 0 Å². The minimum atomic E-state index is 0.590. The van der Waals surface area contributed by atoms with E-state index in [9.17, 15) is 0 Å². The molecule has 0 saturated heterocycles. The molecule has 4 rings (SSSR count). The molecule has 20 heavy (non-hydrogen) atoms. The smallest absolute Gasteiger partial charge is 0.163 e. The highest BCUT2D eigenvalue weighted by Crippen LogP contribution is 2.34. The van der Waals surface area contributed by atoms with E-state index >= 15 is 0 Å². The number of imidazole rings is 1. The number of rotatable bonds is 1. The second kappa shape index (κ2) is 4.66. The zero-order chi connectivity index (χ0) is 13.5. The average Bonchev–Trinajstić information content (AvgIpc) is 2.88. The molecular weight excluding hydrogens is 367 g/mol. The van der Waals surface area contributed by atoms with Gasteiger partial charge in [0, 0.05) is 21.3 Å². The monoisotopic (exact) mass is 378 g/mol. The highest BCUT2D eigenvalue weighted by molar-refractivity contribution is 14.1. The molecule has 1 aromatic heterocycles. The molecule has 3 aromatic rings. The van der Waals surface area contributed by atoms with Gasteiger partial charge in [0.2, 0.25) is 0 Å². The first-order chi connectivity index (χ1) is 9.79. The van der Waals surface area contributed by atoms with Gasteiger partial charge in [-0.05, 0) is 34.7 Å². The summed E-state index contributed by atoms with van der Waals surface area (Å²) in [7, 11) is 0. The highest BCUT2D eigenvalue weighted by atomic mass is 127. The average molecular weight is 378 g/mol. The van der Waals surface area contributed by atoms with Crippen molar-refractivity contribution in [1.82, 2.24) is 9.97 Å². The molecule has 0 bridgehead atoms. The van der Waals surface area contributed by atoms with E-state index in [1.807, 2.05) is 12.1 Å². The van der Waals surface area contributed by atoms with Gasteiger partial charge in [-0.2, -0.15) is 0 Å². The van der Waals surface area contributed by atoms with Gasteiger partial charge in [0.05, 0.1) is 11.0 Å². The third kappa shape index (κ3) is 2.02. The Morgan fingerprint density at radius 3 is 2.45 bits per heavy atom. The minimum Gasteiger partial charge on any atom is -0.486 e. The summed E-state index contributed by atoms with van der Waals surface area (Å²) >= 11 is 2.29. The number of ether oxygens (including phenoxy) is 2. The molecule has 1 N–H and O–H groups in total. The zero-order valence-corrected chi connectivity index (χ0v) is 12.7. The SMILES string of the molecule is Ic1ccc(-c2nc3cc4c(cc3[nH]2)OCCO4)cc1. The van der Waals surface area contributed by atoms with E-state index in [-0.39, 0.29) is 0 Å². The summed E-state index contributed by atoms with van der Waals surface area (Å²) in [5.41, 5.74) is 2.92. The summed E-state index contributed by atoms with van der Waals surface area (Å²) in [4.78, 5) is 7.96. The first-order valence-corrected chi connectivity index (χ1v) is 7.43. The third-order valence-electron chi connectivity index (χ3n) is 3.26. The molecule has 1 aliphatic heterocycles. The van der Waals surface area contributed by atoms with Gasteiger partial charge in [-0.25, -0.2) is 4.98 Å². The fourth-order valence-corrected chi connectivity index (χ4v) is 2.65. The van der Waals surface area contributed by atoms with Gasteiger partial charge in [-0.15, -0.1) is 0 Å². The molecule has 2 heterocycles. The van der Waals surface area contributed by atoms with Gasteiger partial charge in [0.1, 0.15) is 19.0 Å². The van der Waals surface area contributed by atoms with Crippen LogP contribution in [-0.2, 0) is 0 Å². The van der Waals surface area contributed by atoms with Crippen LogP contribution in [0.2, 0.25) is 0 Å². The van der Waals surface area contributed by atoms with Crippen LogP contribution in [0.4, 0.5) is 0 Å². The Morgan fingerprint density at radius 2 is 1.70 bits per heavy atom. The molecule has 0 aliphatic carbocycles. The molecule has 0 fully saturated rings. The van der Waals surface area contributed by atoms with Gasteiger partial charge >= 0.3 is 0 Å². The number of H-pyrrole nitrogens is 1. The molecule has 4 nitrogen and oxygen atoms in total. The van der Waals surface area contributed by atoms with Crippen LogP contribution in [0.3, 0.4) is 0 Å². The van der Waals surface area contributed by atoms with E-state index < -0.39 is 0 Å². The van der Waals surface area contributed by atoms with E-state index in [2.05, 4.69) is 56.8 Å². The lowest BCUT2D eigenvalue weighted by atomic mass is 10.2. The van der Waals surface area contributed by atoms with E-state index in [0.29, 0.717) is 13.2 Å². The van der Waals surface area contributed by atoms with Crippen LogP contribution in [0.25, 0.3) is 22.4 Å². The fourth-order valence-electron chi connectivity index (χ4n) is 2.29. The number of nitrogens with one attached hydrogen (secondary N) is 1. The second-order valence-corrected chi connectivity index (χ2v) is 5.85. The van der Waals surface area contributed by atoms with Crippen molar-refractivity contribution in [2.24, 2.45) is 0 Å². The molecule has 0 spiro atoms. The van der Waals surface area contributed by atoms with E-state index in [1.54, 1.807) is 0 Å². The van der Waals surface area contributed by atoms with Gasteiger partial charge in [0.15, 0.2) is 11.5 Å². The standard InChI is InChI=1S/C15H11IN2O2/c16-10-3-1-9(2-4-10)15-17-11-7-13-14(8-12(11)18-15)20-6-5-19-13/h1-4,7-8H,5-6H2,(H,17,18). The Hall–Kier alpha value is -1.76. The summed E-state index contributed by atoms with van der Waals surface area (Å²) < 4.78 is 12.4. The van der Waals surface area contributed by atoms with Crippen LogP contribution in [0.1, 0.15) is 0 Å². The Balaban J connectivity index is 1.84. The molecule has 0 unspecified atom stereocenters. The molecule has 1 aliphatic rings. The molecule has 0 radical (unpaired) electrons. The number of aromatic amines is 1. The molecule has 0 amide bonds. The molecule has 2 aromatic carbocycles. The first kappa shape index (κ1) is 12.0. The predicted octanol–water partition coefficient (Wildman–Crippen LogP) is 3.61. The maximum atomic E-state index is 5.59. The van der Waals surface area contributed by atoms with Crippen LogP contribution < -0.4 is 9.47 Å². The summed E-state index contributed by atoms with van der Waals surface area (Å²) in [6.45, 7) is 1.18. The summed E-state index contributed by atoms with van der Waals surface area (Å²) in [5, 5.41) is 0. The van der Waals surface area contributed by atoms with Crippen molar-refractivity contribution in [3.8, 4) is 22.9 Å². The number of nitrogens with zero attached hydrogens (tertiary/aromatic N) is 1. The Bertz CT molecular complexity index is 737. The lowest BCUT2D eigenvalue weighted by Gasteiger charge is -2.17. The van der Waals surface area contributed by atoms with E-state index in [0.717, 1.165) is 33.9 Å². The number of fused-ring (bicyclic) bond motifs is 2. The number of halogens is 1. The lowest BCUT2D eigenvalue weighted by molar-refractivity contribution is 0.172. The Kier molecular flexibility index (Phi) is 2.80. The summed E-state index contributed by atoms with van der Waals surface area (Å²) in [5.74, 6) is 2.41. The fraction of sp³-hybridized carbons (Fsp3) is 0.133. The first-order valence-electron chi connectivity index (χ1n) is 6.35. The van der Waals surface area contributed by atoms with Crippen LogP contribution in [0, 0.1) is 3.57 Å². The van der Waals surface area contributed by atoms with Crippen LogP contribution in [0.15, 0.2) is 36.4 Å². The molecule has 100 valence electrons. The normalized spacial score (nSPS) is 13.7. The van der Waals surface area contributed by atoms with Gasteiger partial charge in [-0.3, -0.25) is 0 Å². The van der Waals surface area contributed by atoms with Crippen molar-refractivity contribution in [3.05, 3.63) is 40.0 Å². The van der Waals surface area contributed by atoms with Crippen molar-refractivity contribution < 1.29 is 9.47 Å². The second-order valence-electron chi connectivity index (χ2n) is 4.61. The predicted molar refractivity (Wildman–Crippen MR) is 85.2 cm³/mol. The number of benzene rings is 2. The van der Waals surface area contributed by atoms with Crippen LogP contribution in [-0.4, -0.2) is 23.2 Å². The molecule has 5 heteroatoms. The van der Waals surface area contributed by atoms with Gasteiger partial charge in [-0.1, -0.05) is 12.1 Å². The van der Waals surface area contributed by atoms with Crippen molar-refractivity contribution in [1.29, 1.82) is 0 Å². The molecule has 0 saturated carbocycles. The van der Waals surface area contributed by atoms with Crippen molar-refractivity contribution in [2.45, 2.75) is 0 Å². The zero-order valence-electron chi connectivity index (χ0n) is 10.5. The maximum Gasteiger partial charge on any atom is 0.163 e. The van der Waals surface area contributed by atoms with Crippen molar-refractivity contribution >= 4 is 33.6 Å². The quantitative estimate of drug-likeness (QED) is 0.659. The Labute approximate surface area is 129 Å². The number of hydrogen-bond acceptors (Lipinski definition) is 3. The lowest BCUT2D eigenvalue weighted by Crippen LogP contribution is -2.15. The van der Waals surface area contributed by atoms with E-state index in [4.69, 9.17) is 9.47 Å². The third-order valence-corrected chi connectivity index (χ3v) is 3.98. The maximum absolute atomic E-state index is 5.59. The summed E-state index contributed by atoms with van der Waals surface area (Å²) in [6, 6.07) is 12.1. The van der Waals surface area contributed by atoms with Crippen LogP contribution >= 0.6 is 22.6 Å². The largest absolute Gasteiger partial charge is 0.486 e. The van der Waals surface area contributed by atoms with E-state index in [1.165, 1.54) is 3.57 Å². The topological polar surface area (TPSA) is 47.1 Å². The molecular formula is C15H11IN2O2. The number of hydrogen-bond donors (Lipinski definition) is 1. The highest BCUT2D eigenvalue weighted by Gasteiger charge is 2.15. The minimum absolute atomic E-state index is 0.590. The summed E-state index contributed by atoms with van der Waals surface area (Å²) in [6.07, 6.45) is 0. The van der Waals surface area contributed by atoms with Gasteiger partial charge in [0.25, 0.3) is 0 Å².